The number of ether oxygens (including phenoxy) is 1. The van der Waals surface area contributed by atoms with Gasteiger partial charge in [-0.15, -0.1) is 0 Å². The fourth-order valence-corrected chi connectivity index (χ4v) is 2.91. The first-order valence-electron chi connectivity index (χ1n) is 8.60. The Hall–Kier alpha value is -3.13. The number of nitrogens with one attached hydrogen (secondary N) is 1. The smallest absolute Gasteiger partial charge is 0.337 e. The van der Waals surface area contributed by atoms with Crippen LogP contribution in [-0.2, 0) is 9.53 Å². The molecule has 1 aromatic heterocycles. The lowest BCUT2D eigenvalue weighted by Gasteiger charge is -2.33. The van der Waals surface area contributed by atoms with E-state index in [9.17, 15) is 14.4 Å². The lowest BCUT2D eigenvalue weighted by Crippen LogP contribution is -2.50. The third-order valence-corrected chi connectivity index (χ3v) is 4.33. The van der Waals surface area contributed by atoms with Gasteiger partial charge in [-0.3, -0.25) is 14.5 Å². The number of furan rings is 1. The number of carbonyl (C=O) groups is 3. The average Bonchev–Trinajstić information content (AvgIpc) is 3.22. The summed E-state index contributed by atoms with van der Waals surface area (Å²) in [6, 6.07) is 9.92. The minimum Gasteiger partial charge on any atom is -0.465 e. The van der Waals surface area contributed by atoms with Gasteiger partial charge in [0, 0.05) is 31.9 Å². The minimum atomic E-state index is -0.455. The van der Waals surface area contributed by atoms with E-state index in [1.807, 2.05) is 4.90 Å². The Morgan fingerprint density at radius 3 is 2.56 bits per heavy atom. The molecule has 8 nitrogen and oxygen atoms in total. The van der Waals surface area contributed by atoms with Crippen LogP contribution in [0.25, 0.3) is 0 Å². The molecule has 1 saturated heterocycles. The van der Waals surface area contributed by atoms with Crippen LogP contribution in [0.4, 0.5) is 5.69 Å². The first-order chi connectivity index (χ1) is 13.1. The molecule has 1 aromatic carbocycles. The number of piperazine rings is 1. The number of anilines is 1. The van der Waals surface area contributed by atoms with Crippen LogP contribution in [0.2, 0.25) is 0 Å². The Kier molecular flexibility index (Phi) is 5.87. The van der Waals surface area contributed by atoms with Crippen molar-refractivity contribution in [1.29, 1.82) is 0 Å². The topological polar surface area (TPSA) is 92.1 Å². The fraction of sp³-hybridized carbons (Fsp3) is 0.316. The molecule has 0 radical (unpaired) electrons. The molecular weight excluding hydrogens is 350 g/mol. The Labute approximate surface area is 156 Å². The summed E-state index contributed by atoms with van der Waals surface area (Å²) in [6.07, 6.45) is 1.48. The van der Waals surface area contributed by atoms with Gasteiger partial charge in [0.15, 0.2) is 5.76 Å². The Balaban J connectivity index is 1.48. The Bertz CT molecular complexity index is 811. The van der Waals surface area contributed by atoms with Crippen molar-refractivity contribution in [1.82, 2.24) is 9.80 Å². The number of amides is 2. The van der Waals surface area contributed by atoms with Gasteiger partial charge >= 0.3 is 5.97 Å². The maximum absolute atomic E-state index is 12.3. The van der Waals surface area contributed by atoms with Crippen molar-refractivity contribution in [2.75, 3.05) is 45.2 Å². The summed E-state index contributed by atoms with van der Waals surface area (Å²) in [7, 11) is 1.31. The SMILES string of the molecule is COC(=O)c1cccc(NC(=O)CN2CCN(C(=O)c3ccco3)CC2)c1. The van der Waals surface area contributed by atoms with Crippen LogP contribution in [0.15, 0.2) is 47.1 Å². The largest absolute Gasteiger partial charge is 0.465 e. The van der Waals surface area contributed by atoms with E-state index in [4.69, 9.17) is 4.42 Å². The van der Waals surface area contributed by atoms with Gasteiger partial charge in [-0.2, -0.15) is 0 Å². The molecule has 2 heterocycles. The molecule has 1 N–H and O–H groups in total. The van der Waals surface area contributed by atoms with E-state index in [0.29, 0.717) is 43.2 Å². The van der Waals surface area contributed by atoms with Gasteiger partial charge in [0.1, 0.15) is 0 Å². The highest BCUT2D eigenvalue weighted by Gasteiger charge is 2.24. The second-order valence-electron chi connectivity index (χ2n) is 6.17. The fourth-order valence-electron chi connectivity index (χ4n) is 2.91. The van der Waals surface area contributed by atoms with Gasteiger partial charge < -0.3 is 19.4 Å². The molecule has 0 aliphatic carbocycles. The van der Waals surface area contributed by atoms with Gasteiger partial charge in [0.25, 0.3) is 5.91 Å². The number of carbonyl (C=O) groups excluding carboxylic acids is 3. The quantitative estimate of drug-likeness (QED) is 0.800. The molecular formula is C19H21N3O5. The average molecular weight is 371 g/mol. The van der Waals surface area contributed by atoms with Crippen molar-refractivity contribution < 1.29 is 23.5 Å². The molecule has 0 bridgehead atoms. The van der Waals surface area contributed by atoms with Crippen molar-refractivity contribution in [3.05, 3.63) is 54.0 Å². The summed E-state index contributed by atoms with van der Waals surface area (Å²) in [6.45, 7) is 2.48. The molecule has 0 unspecified atom stereocenters. The molecule has 2 amide bonds. The highest BCUT2D eigenvalue weighted by atomic mass is 16.5. The summed E-state index contributed by atoms with van der Waals surface area (Å²) >= 11 is 0. The van der Waals surface area contributed by atoms with E-state index >= 15 is 0 Å². The first-order valence-corrected chi connectivity index (χ1v) is 8.60. The molecule has 0 atom stereocenters. The van der Waals surface area contributed by atoms with Crippen molar-refractivity contribution in [2.24, 2.45) is 0 Å². The van der Waals surface area contributed by atoms with Crippen molar-refractivity contribution >= 4 is 23.5 Å². The normalized spacial score (nSPS) is 14.6. The third-order valence-electron chi connectivity index (χ3n) is 4.33. The van der Waals surface area contributed by atoms with E-state index in [2.05, 4.69) is 10.1 Å². The molecule has 0 spiro atoms. The van der Waals surface area contributed by atoms with Crippen molar-refractivity contribution in [2.45, 2.75) is 0 Å². The van der Waals surface area contributed by atoms with Gasteiger partial charge in [-0.05, 0) is 30.3 Å². The maximum Gasteiger partial charge on any atom is 0.337 e. The predicted molar refractivity (Wildman–Crippen MR) is 97.5 cm³/mol. The molecule has 0 saturated carbocycles. The zero-order valence-electron chi connectivity index (χ0n) is 15.0. The number of rotatable bonds is 5. The highest BCUT2D eigenvalue weighted by Crippen LogP contribution is 2.13. The summed E-state index contributed by atoms with van der Waals surface area (Å²) in [5.74, 6) is -0.443. The molecule has 1 fully saturated rings. The van der Waals surface area contributed by atoms with Crippen LogP contribution in [-0.4, -0.2) is 67.4 Å². The van der Waals surface area contributed by atoms with Crippen molar-refractivity contribution in [3.63, 3.8) is 0 Å². The molecule has 1 aliphatic heterocycles. The van der Waals surface area contributed by atoms with Crippen LogP contribution in [0.3, 0.4) is 0 Å². The molecule has 2 aromatic rings. The van der Waals surface area contributed by atoms with E-state index in [0.717, 1.165) is 0 Å². The second-order valence-corrected chi connectivity index (χ2v) is 6.17. The number of methoxy groups -OCH3 is 1. The van der Waals surface area contributed by atoms with Gasteiger partial charge in [0.05, 0.1) is 25.5 Å². The van der Waals surface area contributed by atoms with Gasteiger partial charge in [0.2, 0.25) is 5.91 Å². The van der Waals surface area contributed by atoms with E-state index < -0.39 is 5.97 Å². The predicted octanol–water partition coefficient (Wildman–Crippen LogP) is 1.46. The zero-order valence-corrected chi connectivity index (χ0v) is 15.0. The molecule has 27 heavy (non-hydrogen) atoms. The molecule has 8 heteroatoms. The summed E-state index contributed by atoms with van der Waals surface area (Å²) in [5.41, 5.74) is 0.912. The van der Waals surface area contributed by atoms with Crippen LogP contribution >= 0.6 is 0 Å². The Morgan fingerprint density at radius 2 is 1.89 bits per heavy atom. The Morgan fingerprint density at radius 1 is 1.11 bits per heavy atom. The van der Waals surface area contributed by atoms with Gasteiger partial charge in [-0.25, -0.2) is 4.79 Å². The van der Waals surface area contributed by atoms with E-state index in [1.54, 1.807) is 41.3 Å². The summed E-state index contributed by atoms with van der Waals surface area (Å²) in [4.78, 5) is 39.8. The van der Waals surface area contributed by atoms with Gasteiger partial charge in [-0.1, -0.05) is 6.07 Å². The zero-order chi connectivity index (χ0) is 19.2. The van der Waals surface area contributed by atoms with Crippen molar-refractivity contribution in [3.8, 4) is 0 Å². The number of esters is 1. The summed E-state index contributed by atoms with van der Waals surface area (Å²) in [5, 5.41) is 2.78. The number of hydrogen-bond donors (Lipinski definition) is 1. The number of hydrogen-bond acceptors (Lipinski definition) is 6. The van der Waals surface area contributed by atoms with Crippen LogP contribution < -0.4 is 5.32 Å². The molecule has 1 aliphatic rings. The summed E-state index contributed by atoms with van der Waals surface area (Å²) < 4.78 is 9.81. The second kappa shape index (κ2) is 8.50. The van der Waals surface area contributed by atoms with E-state index in [1.165, 1.54) is 13.4 Å². The molecule has 3 rings (SSSR count). The van der Waals surface area contributed by atoms with Crippen LogP contribution in [0.1, 0.15) is 20.9 Å². The standard InChI is InChI=1S/C19H21N3O5/c1-26-19(25)14-4-2-5-15(12-14)20-17(23)13-21-7-9-22(10-8-21)18(24)16-6-3-11-27-16/h2-6,11-12H,7-10,13H2,1H3,(H,20,23). The van der Waals surface area contributed by atoms with Crippen LogP contribution in [0, 0.1) is 0 Å². The lowest BCUT2D eigenvalue weighted by molar-refractivity contribution is -0.117. The molecule has 142 valence electrons. The van der Waals surface area contributed by atoms with Crippen LogP contribution in [0.5, 0.6) is 0 Å². The lowest BCUT2D eigenvalue weighted by atomic mass is 10.2. The maximum atomic E-state index is 12.3. The minimum absolute atomic E-state index is 0.135. The third kappa shape index (κ3) is 4.73. The highest BCUT2D eigenvalue weighted by molar-refractivity contribution is 5.95. The first kappa shape index (κ1) is 18.7. The monoisotopic (exact) mass is 371 g/mol. The number of nitrogens with zero attached hydrogens (tertiary/aromatic N) is 2. The number of benzene rings is 1. The van der Waals surface area contributed by atoms with E-state index in [-0.39, 0.29) is 18.4 Å².